The molecule has 7 heteroatoms. The molecule has 0 fully saturated rings. The lowest BCUT2D eigenvalue weighted by Gasteiger charge is -2.36. The van der Waals surface area contributed by atoms with Gasteiger partial charge in [-0.25, -0.2) is 0 Å². The summed E-state index contributed by atoms with van der Waals surface area (Å²) < 4.78 is 6.34. The SMILES string of the molecule is CC(=O)NCCSC(=O)CC(=O)/C(C)=C/C=C/c1cccc(O[Si](C)(C)C(C)(C)C)c1. The second kappa shape index (κ2) is 12.1. The summed E-state index contributed by atoms with van der Waals surface area (Å²) in [4.78, 5) is 34.9. The van der Waals surface area contributed by atoms with Crippen molar-refractivity contribution < 1.29 is 18.8 Å². The Morgan fingerprint density at radius 2 is 1.84 bits per heavy atom. The van der Waals surface area contributed by atoms with E-state index < -0.39 is 8.32 Å². The lowest BCUT2D eigenvalue weighted by atomic mass is 10.1. The van der Waals surface area contributed by atoms with E-state index in [1.54, 1.807) is 13.0 Å². The topological polar surface area (TPSA) is 72.5 Å². The van der Waals surface area contributed by atoms with Crippen molar-refractivity contribution in [2.24, 2.45) is 0 Å². The van der Waals surface area contributed by atoms with Gasteiger partial charge in [-0.3, -0.25) is 14.4 Å². The Labute approximate surface area is 191 Å². The Morgan fingerprint density at radius 1 is 1.16 bits per heavy atom. The molecule has 31 heavy (non-hydrogen) atoms. The van der Waals surface area contributed by atoms with Crippen molar-refractivity contribution >= 4 is 43.0 Å². The van der Waals surface area contributed by atoms with Gasteiger partial charge in [0.15, 0.2) is 10.9 Å². The number of Topliss-reactive ketones (excluding diaryl/α,β-unsaturated/α-hetero) is 1. The number of benzene rings is 1. The number of allylic oxidation sites excluding steroid dienone is 3. The third-order valence-electron chi connectivity index (χ3n) is 5.16. The normalized spacial score (nSPS) is 12.7. The van der Waals surface area contributed by atoms with Gasteiger partial charge in [0.2, 0.25) is 14.2 Å². The van der Waals surface area contributed by atoms with Crippen LogP contribution in [0.25, 0.3) is 6.08 Å². The maximum atomic E-state index is 12.2. The molecule has 0 radical (unpaired) electrons. The first kappa shape index (κ1) is 26.9. The van der Waals surface area contributed by atoms with Crippen LogP contribution in [0.2, 0.25) is 18.1 Å². The van der Waals surface area contributed by atoms with Crippen LogP contribution in [0.5, 0.6) is 5.75 Å². The zero-order valence-corrected chi connectivity index (χ0v) is 21.5. The van der Waals surface area contributed by atoms with Gasteiger partial charge in [-0.15, -0.1) is 0 Å². The fraction of sp³-hybridized carbons (Fsp3) is 0.458. The summed E-state index contributed by atoms with van der Waals surface area (Å²) in [5.41, 5.74) is 1.51. The zero-order chi connectivity index (χ0) is 23.7. The number of ketones is 1. The van der Waals surface area contributed by atoms with Gasteiger partial charge in [0.05, 0.1) is 6.42 Å². The number of carbonyl (C=O) groups is 3. The largest absolute Gasteiger partial charge is 0.543 e. The summed E-state index contributed by atoms with van der Waals surface area (Å²) in [7, 11) is -1.90. The summed E-state index contributed by atoms with van der Waals surface area (Å²) in [6.07, 6.45) is 5.31. The van der Waals surface area contributed by atoms with Gasteiger partial charge < -0.3 is 9.74 Å². The fourth-order valence-electron chi connectivity index (χ4n) is 2.24. The molecule has 0 bridgehead atoms. The number of carbonyl (C=O) groups excluding carboxylic acids is 3. The highest BCUT2D eigenvalue weighted by Gasteiger charge is 2.38. The number of thioether (sulfide) groups is 1. The van der Waals surface area contributed by atoms with E-state index in [4.69, 9.17) is 4.43 Å². The average Bonchev–Trinajstić information content (AvgIpc) is 2.64. The van der Waals surface area contributed by atoms with E-state index in [1.807, 2.05) is 36.4 Å². The van der Waals surface area contributed by atoms with Crippen LogP contribution in [0, 0.1) is 0 Å². The molecule has 0 saturated heterocycles. The van der Waals surface area contributed by atoms with E-state index in [0.29, 0.717) is 17.9 Å². The Kier molecular flexibility index (Phi) is 10.5. The minimum atomic E-state index is -1.90. The van der Waals surface area contributed by atoms with Gasteiger partial charge in [0.25, 0.3) is 0 Å². The van der Waals surface area contributed by atoms with Gasteiger partial charge in [-0.2, -0.15) is 0 Å². The van der Waals surface area contributed by atoms with Crippen molar-refractivity contribution in [2.45, 2.75) is 59.2 Å². The fourth-order valence-corrected chi connectivity index (χ4v) is 3.93. The first-order valence-electron chi connectivity index (χ1n) is 10.4. The summed E-state index contributed by atoms with van der Waals surface area (Å²) in [6.45, 7) is 14.6. The molecule has 170 valence electrons. The predicted molar refractivity (Wildman–Crippen MR) is 133 cm³/mol. The van der Waals surface area contributed by atoms with Crippen molar-refractivity contribution in [3.8, 4) is 5.75 Å². The van der Waals surface area contributed by atoms with Crippen LogP contribution in [0.4, 0.5) is 0 Å². The first-order chi connectivity index (χ1) is 14.3. The minimum Gasteiger partial charge on any atom is -0.543 e. The first-order valence-corrected chi connectivity index (χ1v) is 14.3. The van der Waals surface area contributed by atoms with Crippen LogP contribution in [-0.4, -0.2) is 37.4 Å². The second-order valence-corrected chi connectivity index (χ2v) is 14.8. The van der Waals surface area contributed by atoms with Crippen LogP contribution in [0.15, 0.2) is 42.0 Å². The van der Waals surface area contributed by atoms with E-state index in [2.05, 4.69) is 39.2 Å². The van der Waals surface area contributed by atoms with Gasteiger partial charge in [-0.05, 0) is 48.3 Å². The van der Waals surface area contributed by atoms with E-state index in [0.717, 1.165) is 23.1 Å². The highest BCUT2D eigenvalue weighted by molar-refractivity contribution is 8.13. The third-order valence-corrected chi connectivity index (χ3v) is 10.4. The maximum absolute atomic E-state index is 12.2. The molecule has 0 aromatic heterocycles. The lowest BCUT2D eigenvalue weighted by Crippen LogP contribution is -2.43. The molecule has 5 nitrogen and oxygen atoms in total. The molecular formula is C24H35NO4SSi. The Hall–Kier alpha value is -2.12. The van der Waals surface area contributed by atoms with Crippen LogP contribution in [0.1, 0.15) is 46.6 Å². The summed E-state index contributed by atoms with van der Waals surface area (Å²) in [5, 5.41) is 2.55. The van der Waals surface area contributed by atoms with Gasteiger partial charge >= 0.3 is 0 Å². The molecule has 0 saturated carbocycles. The summed E-state index contributed by atoms with van der Waals surface area (Å²) >= 11 is 1.06. The van der Waals surface area contributed by atoms with E-state index >= 15 is 0 Å². The Bertz CT molecular complexity index is 853. The average molecular weight is 462 g/mol. The van der Waals surface area contributed by atoms with Crippen molar-refractivity contribution in [3.05, 3.63) is 47.6 Å². The van der Waals surface area contributed by atoms with E-state index in [-0.39, 0.29) is 28.3 Å². The van der Waals surface area contributed by atoms with Crippen LogP contribution in [0.3, 0.4) is 0 Å². The summed E-state index contributed by atoms with van der Waals surface area (Å²) in [6, 6.07) is 7.91. The molecule has 1 rings (SSSR count). The molecule has 0 spiro atoms. The van der Waals surface area contributed by atoms with Gasteiger partial charge in [0, 0.05) is 19.2 Å². The highest BCUT2D eigenvalue weighted by atomic mass is 32.2. The molecule has 0 atom stereocenters. The third kappa shape index (κ3) is 10.2. The quantitative estimate of drug-likeness (QED) is 0.166. The van der Waals surface area contributed by atoms with E-state index in [9.17, 15) is 14.4 Å². The highest BCUT2D eigenvalue weighted by Crippen LogP contribution is 2.37. The molecule has 1 amide bonds. The van der Waals surface area contributed by atoms with Crippen LogP contribution in [-0.2, 0) is 14.4 Å². The number of hydrogen-bond donors (Lipinski definition) is 1. The van der Waals surface area contributed by atoms with Crippen LogP contribution >= 0.6 is 11.8 Å². The van der Waals surface area contributed by atoms with Gasteiger partial charge in [-0.1, -0.05) is 62.9 Å². The lowest BCUT2D eigenvalue weighted by molar-refractivity contribution is -0.121. The van der Waals surface area contributed by atoms with Crippen LogP contribution < -0.4 is 9.74 Å². The number of rotatable bonds is 10. The number of nitrogens with one attached hydrogen (secondary N) is 1. The predicted octanol–water partition coefficient (Wildman–Crippen LogP) is 5.39. The molecule has 1 aromatic carbocycles. The molecule has 0 aliphatic carbocycles. The van der Waals surface area contributed by atoms with E-state index in [1.165, 1.54) is 6.92 Å². The van der Waals surface area contributed by atoms with Crippen molar-refractivity contribution in [2.75, 3.05) is 12.3 Å². The Balaban J connectivity index is 2.64. The Morgan fingerprint density at radius 3 is 2.45 bits per heavy atom. The van der Waals surface area contributed by atoms with Gasteiger partial charge in [0.1, 0.15) is 5.75 Å². The van der Waals surface area contributed by atoms with Crippen molar-refractivity contribution in [3.63, 3.8) is 0 Å². The monoisotopic (exact) mass is 461 g/mol. The molecule has 0 unspecified atom stereocenters. The van der Waals surface area contributed by atoms with Crippen molar-refractivity contribution in [1.29, 1.82) is 0 Å². The molecule has 1 aromatic rings. The molecule has 1 N–H and O–H groups in total. The molecular weight excluding hydrogens is 426 g/mol. The number of hydrogen-bond acceptors (Lipinski definition) is 5. The minimum absolute atomic E-state index is 0.124. The second-order valence-electron chi connectivity index (χ2n) is 8.95. The standard InChI is InChI=1S/C24H35NO4SSi/c1-18(22(27)17-23(28)30-15-14-25-19(2)26)10-8-11-20-12-9-13-21(16-20)29-31(6,7)24(3,4)5/h8-13,16H,14-15,17H2,1-7H3,(H,25,26)/b11-8+,18-10+. The van der Waals surface area contributed by atoms with Crippen molar-refractivity contribution in [1.82, 2.24) is 5.32 Å². The summed E-state index contributed by atoms with van der Waals surface area (Å²) in [5.74, 6) is 0.984. The molecule has 0 heterocycles. The molecule has 0 aliphatic rings. The zero-order valence-electron chi connectivity index (χ0n) is 19.7. The maximum Gasteiger partial charge on any atom is 0.250 e. The smallest absolute Gasteiger partial charge is 0.250 e. The molecule has 0 aliphatic heterocycles. The number of amides is 1.